The van der Waals surface area contributed by atoms with Crippen LogP contribution in [0.2, 0.25) is 0 Å². The van der Waals surface area contributed by atoms with E-state index in [9.17, 15) is 9.90 Å². The van der Waals surface area contributed by atoms with E-state index >= 15 is 0 Å². The van der Waals surface area contributed by atoms with Gasteiger partial charge >= 0.3 is 0 Å². The van der Waals surface area contributed by atoms with Crippen molar-refractivity contribution < 1.29 is 9.90 Å². The molecule has 0 saturated carbocycles. The maximum absolute atomic E-state index is 12.2. The lowest BCUT2D eigenvalue weighted by molar-refractivity contribution is 0.0896. The molecule has 22 heavy (non-hydrogen) atoms. The number of aliphatic hydroxyl groups is 1. The number of hydrogen-bond acceptors (Lipinski definition) is 4. The summed E-state index contributed by atoms with van der Waals surface area (Å²) >= 11 is 0. The smallest absolute Gasteiger partial charge is 0.271 e. The van der Waals surface area contributed by atoms with E-state index in [4.69, 9.17) is 0 Å². The van der Waals surface area contributed by atoms with Crippen molar-refractivity contribution in [3.8, 4) is 0 Å². The van der Waals surface area contributed by atoms with E-state index in [0.29, 0.717) is 24.7 Å². The zero-order chi connectivity index (χ0) is 16.2. The normalized spacial score (nSPS) is 20.6. The zero-order valence-electron chi connectivity index (χ0n) is 13.8. The number of nitrogens with one attached hydrogen (secondary N) is 2. The predicted octanol–water partition coefficient (Wildman–Crippen LogP) is 1.33. The van der Waals surface area contributed by atoms with Crippen molar-refractivity contribution in [1.29, 1.82) is 0 Å². The topological polar surface area (TPSA) is 79.2 Å². The zero-order valence-corrected chi connectivity index (χ0v) is 13.8. The largest absolute Gasteiger partial charge is 0.393 e. The fourth-order valence-corrected chi connectivity index (χ4v) is 3.00. The molecular formula is C16H28N4O2. The Morgan fingerprint density at radius 1 is 1.64 bits per heavy atom. The molecule has 6 heteroatoms. The van der Waals surface area contributed by atoms with Gasteiger partial charge in [-0.3, -0.25) is 9.48 Å². The third-order valence-corrected chi connectivity index (χ3v) is 4.06. The van der Waals surface area contributed by atoms with Crippen LogP contribution in [0, 0.1) is 5.41 Å². The van der Waals surface area contributed by atoms with Crippen LogP contribution in [0.1, 0.15) is 56.6 Å². The molecular weight excluding hydrogens is 280 g/mol. The maximum atomic E-state index is 12.2. The minimum Gasteiger partial charge on any atom is -0.393 e. The first-order chi connectivity index (χ1) is 10.4. The average molecular weight is 308 g/mol. The van der Waals surface area contributed by atoms with Crippen molar-refractivity contribution in [3.63, 3.8) is 0 Å². The number of rotatable bonds is 6. The van der Waals surface area contributed by atoms with E-state index < -0.39 is 0 Å². The van der Waals surface area contributed by atoms with Crippen LogP contribution in [0.3, 0.4) is 0 Å². The third kappa shape index (κ3) is 4.81. The van der Waals surface area contributed by atoms with Crippen LogP contribution in [-0.2, 0) is 0 Å². The highest BCUT2D eigenvalue weighted by atomic mass is 16.3. The van der Waals surface area contributed by atoms with Gasteiger partial charge in [-0.2, -0.15) is 5.10 Å². The molecule has 1 saturated heterocycles. The van der Waals surface area contributed by atoms with Crippen molar-refractivity contribution in [3.05, 3.63) is 18.0 Å². The molecule has 3 N–H and O–H groups in total. The van der Waals surface area contributed by atoms with Crippen molar-refractivity contribution in [2.45, 2.75) is 52.2 Å². The molecule has 2 rings (SSSR count). The first-order valence-corrected chi connectivity index (χ1v) is 8.09. The minimum atomic E-state index is -0.370. The van der Waals surface area contributed by atoms with Gasteiger partial charge in [-0.15, -0.1) is 0 Å². The van der Waals surface area contributed by atoms with Crippen molar-refractivity contribution >= 4 is 5.91 Å². The highest BCUT2D eigenvalue weighted by molar-refractivity contribution is 5.92. The van der Waals surface area contributed by atoms with Crippen LogP contribution in [-0.4, -0.2) is 46.5 Å². The summed E-state index contributed by atoms with van der Waals surface area (Å²) in [6.45, 7) is 8.32. The van der Waals surface area contributed by atoms with Gasteiger partial charge in [0.05, 0.1) is 12.1 Å². The summed E-state index contributed by atoms with van der Waals surface area (Å²) in [6, 6.07) is 2.10. The molecule has 1 fully saturated rings. The van der Waals surface area contributed by atoms with Gasteiger partial charge in [0.15, 0.2) is 0 Å². The maximum Gasteiger partial charge on any atom is 0.271 e. The molecule has 0 aromatic carbocycles. The Kier molecular flexibility index (Phi) is 5.58. The second kappa shape index (κ2) is 7.24. The van der Waals surface area contributed by atoms with Crippen LogP contribution in [0.25, 0.3) is 0 Å². The molecule has 6 nitrogen and oxygen atoms in total. The molecule has 1 aliphatic heterocycles. The van der Waals surface area contributed by atoms with Gasteiger partial charge in [-0.25, -0.2) is 0 Å². The van der Waals surface area contributed by atoms with Gasteiger partial charge in [0.25, 0.3) is 5.91 Å². The Morgan fingerprint density at radius 3 is 3.05 bits per heavy atom. The van der Waals surface area contributed by atoms with Crippen LogP contribution in [0.5, 0.6) is 0 Å². The molecule has 1 aromatic rings. The molecule has 0 radical (unpaired) electrons. The second-order valence-corrected chi connectivity index (χ2v) is 7.08. The van der Waals surface area contributed by atoms with E-state index in [2.05, 4.69) is 15.7 Å². The predicted molar refractivity (Wildman–Crippen MR) is 85.8 cm³/mol. The fraction of sp³-hybridized carbons (Fsp3) is 0.750. The molecule has 1 aromatic heterocycles. The molecule has 2 heterocycles. The van der Waals surface area contributed by atoms with E-state index in [1.165, 1.54) is 0 Å². The number of aliphatic hydroxyl groups excluding tert-OH is 1. The number of carbonyl (C=O) groups is 1. The molecule has 1 aliphatic rings. The summed E-state index contributed by atoms with van der Waals surface area (Å²) in [6.07, 6.45) is 4.39. The van der Waals surface area contributed by atoms with Crippen LogP contribution in [0.15, 0.2) is 12.3 Å². The molecule has 1 amide bonds. The third-order valence-electron chi connectivity index (χ3n) is 4.06. The van der Waals surface area contributed by atoms with Crippen LogP contribution < -0.4 is 10.6 Å². The van der Waals surface area contributed by atoms with Crippen LogP contribution >= 0.6 is 0 Å². The molecule has 2 atom stereocenters. The Labute approximate surface area is 132 Å². The van der Waals surface area contributed by atoms with Crippen molar-refractivity contribution in [2.75, 3.05) is 19.6 Å². The fourth-order valence-electron chi connectivity index (χ4n) is 3.00. The van der Waals surface area contributed by atoms with E-state index in [1.807, 2.05) is 24.7 Å². The summed E-state index contributed by atoms with van der Waals surface area (Å²) in [4.78, 5) is 12.2. The SMILES string of the molecule is CC(O)CC(C)(C)CNC(=O)c1ccn(C2CCCNC2)n1. The number of amides is 1. The Bertz CT molecular complexity index is 490. The average Bonchev–Trinajstić information content (AvgIpc) is 2.94. The quantitative estimate of drug-likeness (QED) is 0.741. The lowest BCUT2D eigenvalue weighted by Crippen LogP contribution is -2.36. The monoisotopic (exact) mass is 308 g/mol. The van der Waals surface area contributed by atoms with Crippen molar-refractivity contribution in [2.24, 2.45) is 5.41 Å². The molecule has 2 unspecified atom stereocenters. The molecule has 0 aliphatic carbocycles. The number of carbonyl (C=O) groups excluding carboxylic acids is 1. The minimum absolute atomic E-state index is 0.139. The first kappa shape index (κ1) is 17.0. The van der Waals surface area contributed by atoms with E-state index in [0.717, 1.165) is 25.9 Å². The van der Waals surface area contributed by atoms with Gasteiger partial charge in [-0.05, 0) is 44.2 Å². The lowest BCUT2D eigenvalue weighted by Gasteiger charge is -2.26. The van der Waals surface area contributed by atoms with Gasteiger partial charge < -0.3 is 15.7 Å². The number of piperidine rings is 1. The second-order valence-electron chi connectivity index (χ2n) is 7.08. The van der Waals surface area contributed by atoms with Gasteiger partial charge in [0.2, 0.25) is 0 Å². The summed E-state index contributed by atoms with van der Waals surface area (Å²) in [5, 5.41) is 20.2. The molecule has 0 bridgehead atoms. The Balaban J connectivity index is 1.89. The highest BCUT2D eigenvalue weighted by Gasteiger charge is 2.22. The number of nitrogens with zero attached hydrogens (tertiary/aromatic N) is 2. The number of aromatic nitrogens is 2. The van der Waals surface area contributed by atoms with Gasteiger partial charge in [-0.1, -0.05) is 13.8 Å². The van der Waals surface area contributed by atoms with Crippen molar-refractivity contribution in [1.82, 2.24) is 20.4 Å². The Morgan fingerprint density at radius 2 is 2.41 bits per heavy atom. The van der Waals surface area contributed by atoms with Gasteiger partial charge in [0, 0.05) is 19.3 Å². The standard InChI is InChI=1S/C16H28N4O2/c1-12(21)9-16(2,3)11-18-15(22)14-6-8-20(19-14)13-5-4-7-17-10-13/h6,8,12-13,17,21H,4-5,7,9-11H2,1-3H3,(H,18,22). The molecule has 124 valence electrons. The van der Waals surface area contributed by atoms with Crippen LogP contribution in [0.4, 0.5) is 0 Å². The summed E-state index contributed by atoms with van der Waals surface area (Å²) in [7, 11) is 0. The van der Waals surface area contributed by atoms with E-state index in [1.54, 1.807) is 13.0 Å². The summed E-state index contributed by atoms with van der Waals surface area (Å²) < 4.78 is 1.89. The lowest BCUT2D eigenvalue weighted by atomic mass is 9.87. The van der Waals surface area contributed by atoms with E-state index in [-0.39, 0.29) is 17.4 Å². The first-order valence-electron chi connectivity index (χ1n) is 8.09. The molecule has 0 spiro atoms. The summed E-state index contributed by atoms with van der Waals surface area (Å²) in [5.41, 5.74) is 0.318. The Hall–Kier alpha value is -1.40. The highest BCUT2D eigenvalue weighted by Crippen LogP contribution is 2.21. The van der Waals surface area contributed by atoms with Gasteiger partial charge in [0.1, 0.15) is 5.69 Å². The number of hydrogen-bond donors (Lipinski definition) is 3. The summed E-state index contributed by atoms with van der Waals surface area (Å²) in [5.74, 6) is -0.152.